The number of ether oxygens (including phenoxy) is 1. The van der Waals surface area contributed by atoms with E-state index < -0.39 is 52.9 Å². The zero-order valence-corrected chi connectivity index (χ0v) is 22.5. The quantitative estimate of drug-likeness (QED) is 0.275. The third-order valence-electron chi connectivity index (χ3n) is 7.97. The molecule has 0 radical (unpaired) electrons. The molecule has 2 atom stereocenters. The Kier molecular flexibility index (Phi) is 6.27. The van der Waals surface area contributed by atoms with Crippen molar-refractivity contribution in [1.82, 2.24) is 20.1 Å². The number of hydrogen-bond acceptors (Lipinski definition) is 6. The Morgan fingerprint density at radius 3 is 2.47 bits per heavy atom. The molecule has 0 unspecified atom stereocenters. The lowest BCUT2D eigenvalue weighted by molar-refractivity contribution is -0.265. The maximum atomic E-state index is 14.6. The summed E-state index contributed by atoms with van der Waals surface area (Å²) in [5.74, 6) is -4.09. The van der Waals surface area contributed by atoms with E-state index in [0.29, 0.717) is 23.7 Å². The monoisotopic (exact) mass is 601 g/mol. The van der Waals surface area contributed by atoms with Gasteiger partial charge in [-0.05, 0) is 55.5 Å². The van der Waals surface area contributed by atoms with Crippen molar-refractivity contribution in [3.63, 3.8) is 0 Å². The van der Waals surface area contributed by atoms with Crippen LogP contribution < -0.4 is 15.8 Å². The smallest absolute Gasteiger partial charge is 0.424 e. The maximum absolute atomic E-state index is 14.6. The summed E-state index contributed by atoms with van der Waals surface area (Å²) in [6.07, 6.45) is -3.35. The largest absolute Gasteiger partial charge is 0.489 e. The molecule has 0 spiro atoms. The number of halogens is 5. The van der Waals surface area contributed by atoms with Crippen molar-refractivity contribution in [2.75, 3.05) is 13.2 Å². The van der Waals surface area contributed by atoms with Gasteiger partial charge in [-0.15, -0.1) is 0 Å². The Hall–Kier alpha value is -4.59. The summed E-state index contributed by atoms with van der Waals surface area (Å²) in [4.78, 5) is 29.4. The third kappa shape index (κ3) is 4.65. The van der Waals surface area contributed by atoms with Crippen molar-refractivity contribution in [2.45, 2.75) is 42.8 Å². The number of nitrogens with one attached hydrogen (secondary N) is 1. The molecule has 9 nitrogen and oxygen atoms in total. The highest BCUT2D eigenvalue weighted by Crippen LogP contribution is 2.48. The van der Waals surface area contributed by atoms with Gasteiger partial charge in [-0.1, -0.05) is 0 Å². The molecule has 2 aromatic heterocycles. The summed E-state index contributed by atoms with van der Waals surface area (Å²) in [6, 6.07) is 9.62. The van der Waals surface area contributed by atoms with Gasteiger partial charge >= 0.3 is 6.18 Å². The second-order valence-electron chi connectivity index (χ2n) is 11.0. The standard InChI is InChI=1S/C29H24F5N5O4/c1-26(25(35)41)14-43-23-19(26)11-21(37-22(23)15-2-5-18(30)6-3-15)28(42,29(32,33)34)13-36-24(40)16-4-7-20-17(10-16)12-39(38-20)27(31)8-9-27/h2-7,10-12,42H,8-9,13-14H2,1H3,(H2,35,41)(H,36,40)/t26-,28-/m0/s1. The van der Waals surface area contributed by atoms with E-state index >= 15 is 0 Å². The first-order valence-electron chi connectivity index (χ1n) is 13.2. The number of aromatic nitrogens is 3. The number of alkyl halides is 4. The molecule has 1 saturated carbocycles. The Morgan fingerprint density at radius 2 is 1.84 bits per heavy atom. The van der Waals surface area contributed by atoms with E-state index in [2.05, 4.69) is 15.4 Å². The lowest BCUT2D eigenvalue weighted by atomic mass is 9.81. The van der Waals surface area contributed by atoms with Crippen LogP contribution in [0.4, 0.5) is 22.0 Å². The fourth-order valence-electron chi connectivity index (χ4n) is 4.95. The average Bonchev–Trinajstić information content (AvgIpc) is 3.41. The van der Waals surface area contributed by atoms with Crippen LogP contribution in [0.25, 0.3) is 22.2 Å². The van der Waals surface area contributed by atoms with Crippen LogP contribution in [0, 0.1) is 5.82 Å². The third-order valence-corrected chi connectivity index (χ3v) is 7.97. The number of fused-ring (bicyclic) bond motifs is 2. The lowest BCUT2D eigenvalue weighted by Gasteiger charge is -2.31. The van der Waals surface area contributed by atoms with Crippen molar-refractivity contribution < 1.29 is 41.4 Å². The molecule has 0 bridgehead atoms. The summed E-state index contributed by atoms with van der Waals surface area (Å²) < 4.78 is 78.6. The van der Waals surface area contributed by atoms with Crippen LogP contribution in [-0.4, -0.2) is 51.0 Å². The number of amides is 2. The van der Waals surface area contributed by atoms with E-state index in [1.807, 2.05) is 0 Å². The predicted octanol–water partition coefficient (Wildman–Crippen LogP) is 3.97. The number of carbonyl (C=O) groups excluding carboxylic acids is 2. The van der Waals surface area contributed by atoms with Crippen LogP contribution in [0.3, 0.4) is 0 Å². The minimum absolute atomic E-state index is 0.0414. The van der Waals surface area contributed by atoms with Gasteiger partial charge in [-0.3, -0.25) is 9.59 Å². The number of aliphatic hydroxyl groups is 1. The molecule has 224 valence electrons. The first-order valence-corrected chi connectivity index (χ1v) is 13.2. The highest BCUT2D eigenvalue weighted by Gasteiger charge is 2.57. The molecule has 3 heterocycles. The molecule has 4 aromatic rings. The minimum atomic E-state index is -5.37. The fourth-order valence-corrected chi connectivity index (χ4v) is 4.95. The number of rotatable bonds is 7. The summed E-state index contributed by atoms with van der Waals surface area (Å²) in [5, 5.41) is 17.8. The van der Waals surface area contributed by atoms with Crippen LogP contribution in [0.1, 0.15) is 41.4 Å². The van der Waals surface area contributed by atoms with Gasteiger partial charge in [-0.25, -0.2) is 18.4 Å². The molecule has 1 fully saturated rings. The van der Waals surface area contributed by atoms with Crippen LogP contribution in [0.5, 0.6) is 5.75 Å². The number of hydrogen-bond donors (Lipinski definition) is 3. The summed E-state index contributed by atoms with van der Waals surface area (Å²) >= 11 is 0. The van der Waals surface area contributed by atoms with Crippen molar-refractivity contribution >= 4 is 22.7 Å². The van der Waals surface area contributed by atoms with Crippen LogP contribution in [0.2, 0.25) is 0 Å². The Morgan fingerprint density at radius 1 is 1.14 bits per heavy atom. The van der Waals surface area contributed by atoms with E-state index in [1.54, 1.807) is 0 Å². The molecule has 4 N–H and O–H groups in total. The first kappa shape index (κ1) is 28.5. The number of carbonyl (C=O) groups is 2. The van der Waals surface area contributed by atoms with Gasteiger partial charge < -0.3 is 20.9 Å². The number of nitrogens with zero attached hydrogens (tertiary/aromatic N) is 3. The SMILES string of the molecule is C[C@]1(C(N)=O)COc2c1cc([C@@](O)(CNC(=O)c1ccc3nn(C4(F)CC4)cc3c1)C(F)(F)F)nc2-c1ccc(F)cc1. The Labute approximate surface area is 240 Å². The molecule has 43 heavy (non-hydrogen) atoms. The predicted molar refractivity (Wildman–Crippen MR) is 142 cm³/mol. The molecule has 2 aromatic carbocycles. The van der Waals surface area contributed by atoms with Gasteiger partial charge in [0.25, 0.3) is 5.91 Å². The highest BCUT2D eigenvalue weighted by atomic mass is 19.4. The number of benzene rings is 2. The van der Waals surface area contributed by atoms with Crippen LogP contribution in [0.15, 0.2) is 54.7 Å². The molecule has 2 amide bonds. The summed E-state index contributed by atoms with van der Waals surface area (Å²) in [7, 11) is 0. The van der Waals surface area contributed by atoms with Gasteiger partial charge in [0.1, 0.15) is 29.3 Å². The zero-order chi connectivity index (χ0) is 30.9. The van der Waals surface area contributed by atoms with Gasteiger partial charge in [0.15, 0.2) is 0 Å². The van der Waals surface area contributed by atoms with Gasteiger partial charge in [-0.2, -0.15) is 18.3 Å². The topological polar surface area (TPSA) is 132 Å². The number of nitrogens with two attached hydrogens (primary N) is 1. The van der Waals surface area contributed by atoms with Gasteiger partial charge in [0.2, 0.25) is 17.3 Å². The second kappa shape index (κ2) is 9.46. The van der Waals surface area contributed by atoms with Crippen molar-refractivity contribution in [1.29, 1.82) is 0 Å². The molecular weight excluding hydrogens is 577 g/mol. The summed E-state index contributed by atoms with van der Waals surface area (Å²) in [6.45, 7) is -0.288. The fraction of sp³-hybridized carbons (Fsp3) is 0.310. The second-order valence-corrected chi connectivity index (χ2v) is 11.0. The molecular formula is C29H24F5N5O4. The Balaban J connectivity index is 1.38. The van der Waals surface area contributed by atoms with Crippen molar-refractivity contribution in [2.24, 2.45) is 5.73 Å². The van der Waals surface area contributed by atoms with Crippen molar-refractivity contribution in [3.8, 4) is 17.0 Å². The molecule has 2 aliphatic rings. The van der Waals surface area contributed by atoms with Crippen LogP contribution >= 0.6 is 0 Å². The van der Waals surface area contributed by atoms with E-state index in [4.69, 9.17) is 10.5 Å². The Bertz CT molecular complexity index is 1790. The molecule has 6 rings (SSSR count). The van der Waals surface area contributed by atoms with E-state index in [-0.39, 0.29) is 34.7 Å². The summed E-state index contributed by atoms with van der Waals surface area (Å²) in [5.41, 5.74) is -0.429. The number of primary amides is 1. The van der Waals surface area contributed by atoms with E-state index in [1.165, 1.54) is 43.5 Å². The maximum Gasteiger partial charge on any atom is 0.424 e. The lowest BCUT2D eigenvalue weighted by Crippen LogP contribution is -2.51. The van der Waals surface area contributed by atoms with E-state index in [9.17, 15) is 36.6 Å². The molecule has 14 heteroatoms. The molecule has 1 aliphatic carbocycles. The molecule has 0 saturated heterocycles. The van der Waals surface area contributed by atoms with Gasteiger partial charge in [0, 0.05) is 41.1 Å². The van der Waals surface area contributed by atoms with Crippen molar-refractivity contribution in [3.05, 3.63) is 77.4 Å². The average molecular weight is 602 g/mol. The zero-order valence-electron chi connectivity index (χ0n) is 22.5. The van der Waals surface area contributed by atoms with E-state index in [0.717, 1.165) is 22.9 Å². The first-order chi connectivity index (χ1) is 20.1. The van der Waals surface area contributed by atoms with Crippen LogP contribution in [-0.2, 0) is 21.6 Å². The van der Waals surface area contributed by atoms with Gasteiger partial charge in [0.05, 0.1) is 17.8 Å². The number of pyridine rings is 1. The minimum Gasteiger partial charge on any atom is -0.489 e. The normalized spacial score (nSPS) is 20.3. The highest BCUT2D eigenvalue weighted by molar-refractivity contribution is 5.98. The molecule has 1 aliphatic heterocycles.